The lowest BCUT2D eigenvalue weighted by molar-refractivity contribution is 0.0919. The number of pyridine rings is 1. The molecule has 116 valence electrons. The van der Waals surface area contributed by atoms with Crippen molar-refractivity contribution >= 4 is 27.7 Å². The molecule has 0 saturated heterocycles. The summed E-state index contributed by atoms with van der Waals surface area (Å²) in [6.45, 7) is 4.98. The molecule has 2 rings (SSSR count). The fraction of sp³-hybridized carbons (Fsp3) is 0.625. The van der Waals surface area contributed by atoms with Gasteiger partial charge in [0.25, 0.3) is 5.91 Å². The average molecular weight is 354 g/mol. The predicted octanol–water partition coefficient (Wildman–Crippen LogP) is 3.97. The summed E-state index contributed by atoms with van der Waals surface area (Å²) in [5.41, 5.74) is 0.616. The molecule has 0 aromatic carbocycles. The number of carbonyl (C=O) groups is 1. The van der Waals surface area contributed by atoms with Crippen molar-refractivity contribution in [3.8, 4) is 0 Å². The van der Waals surface area contributed by atoms with Crippen LogP contribution in [0.1, 0.15) is 56.3 Å². The molecule has 0 bridgehead atoms. The first-order valence-corrected chi connectivity index (χ1v) is 8.63. The van der Waals surface area contributed by atoms with Crippen LogP contribution >= 0.6 is 15.9 Å². The maximum Gasteiger partial charge on any atom is 0.255 e. The van der Waals surface area contributed by atoms with E-state index >= 15 is 0 Å². The molecule has 1 aliphatic rings. The van der Waals surface area contributed by atoms with Crippen LogP contribution in [0.3, 0.4) is 0 Å². The Morgan fingerprint density at radius 2 is 2.24 bits per heavy atom. The third-order valence-corrected chi connectivity index (χ3v) is 4.57. The second-order valence-electron chi connectivity index (χ2n) is 5.69. The Balaban J connectivity index is 2.07. The Morgan fingerprint density at radius 3 is 2.95 bits per heavy atom. The van der Waals surface area contributed by atoms with Crippen LogP contribution in [0, 0.1) is 5.92 Å². The minimum atomic E-state index is -0.0264. The van der Waals surface area contributed by atoms with Gasteiger partial charge in [0.15, 0.2) is 0 Å². The van der Waals surface area contributed by atoms with Crippen LogP contribution in [-0.2, 0) is 0 Å². The van der Waals surface area contributed by atoms with Gasteiger partial charge in [-0.2, -0.15) is 0 Å². The summed E-state index contributed by atoms with van der Waals surface area (Å²) in [7, 11) is 0. The number of anilines is 1. The molecule has 1 aliphatic carbocycles. The van der Waals surface area contributed by atoms with Crippen LogP contribution in [-0.4, -0.2) is 23.5 Å². The van der Waals surface area contributed by atoms with E-state index in [2.05, 4.69) is 38.5 Å². The number of halogens is 1. The highest BCUT2D eigenvalue weighted by Gasteiger charge is 2.23. The van der Waals surface area contributed by atoms with E-state index < -0.39 is 0 Å². The zero-order valence-corrected chi connectivity index (χ0v) is 14.4. The molecular weight excluding hydrogens is 330 g/mol. The van der Waals surface area contributed by atoms with Crippen LogP contribution in [0.5, 0.6) is 0 Å². The van der Waals surface area contributed by atoms with Gasteiger partial charge in [0.1, 0.15) is 5.82 Å². The maximum atomic E-state index is 12.5. The smallest absolute Gasteiger partial charge is 0.255 e. The SMILES string of the molecule is CCNc1ncc(Br)cc1C(=O)NC1CCCC(CC)C1. The van der Waals surface area contributed by atoms with Crippen LogP contribution < -0.4 is 10.6 Å². The Labute approximate surface area is 135 Å². The zero-order valence-electron chi connectivity index (χ0n) is 12.8. The molecule has 1 saturated carbocycles. The molecule has 0 radical (unpaired) electrons. The predicted molar refractivity (Wildman–Crippen MR) is 89.6 cm³/mol. The Hall–Kier alpha value is -1.10. The Bertz CT molecular complexity index is 492. The van der Waals surface area contributed by atoms with Gasteiger partial charge in [0.2, 0.25) is 0 Å². The van der Waals surface area contributed by atoms with Gasteiger partial charge < -0.3 is 10.6 Å². The van der Waals surface area contributed by atoms with Gasteiger partial charge in [-0.15, -0.1) is 0 Å². The molecule has 2 atom stereocenters. The van der Waals surface area contributed by atoms with Crippen LogP contribution in [0.4, 0.5) is 5.82 Å². The summed E-state index contributed by atoms with van der Waals surface area (Å²) >= 11 is 3.39. The minimum absolute atomic E-state index is 0.0264. The van der Waals surface area contributed by atoms with Crippen LogP contribution in [0.2, 0.25) is 0 Å². The first-order valence-electron chi connectivity index (χ1n) is 7.84. The van der Waals surface area contributed by atoms with Crippen molar-refractivity contribution in [2.24, 2.45) is 5.92 Å². The number of hydrogen-bond acceptors (Lipinski definition) is 3. The van der Waals surface area contributed by atoms with E-state index in [1.165, 1.54) is 19.3 Å². The molecule has 2 N–H and O–H groups in total. The monoisotopic (exact) mass is 353 g/mol. The van der Waals surface area contributed by atoms with Crippen molar-refractivity contribution in [1.82, 2.24) is 10.3 Å². The summed E-state index contributed by atoms with van der Waals surface area (Å²) in [5.74, 6) is 1.38. The van der Waals surface area contributed by atoms with Crippen LogP contribution in [0.15, 0.2) is 16.7 Å². The summed E-state index contributed by atoms with van der Waals surface area (Å²) < 4.78 is 0.824. The second-order valence-corrected chi connectivity index (χ2v) is 6.61. The number of aromatic nitrogens is 1. The number of nitrogens with one attached hydrogen (secondary N) is 2. The number of rotatable bonds is 5. The maximum absolute atomic E-state index is 12.5. The van der Waals surface area contributed by atoms with Crippen molar-refractivity contribution in [1.29, 1.82) is 0 Å². The fourth-order valence-corrected chi connectivity index (χ4v) is 3.31. The van der Waals surface area contributed by atoms with Gasteiger partial charge in [0.05, 0.1) is 5.56 Å². The van der Waals surface area contributed by atoms with Crippen molar-refractivity contribution in [2.75, 3.05) is 11.9 Å². The van der Waals surface area contributed by atoms with E-state index in [1.807, 2.05) is 13.0 Å². The second kappa shape index (κ2) is 7.78. The highest BCUT2D eigenvalue weighted by atomic mass is 79.9. The van der Waals surface area contributed by atoms with Crippen LogP contribution in [0.25, 0.3) is 0 Å². The lowest BCUT2D eigenvalue weighted by atomic mass is 9.84. The van der Waals surface area contributed by atoms with E-state index in [0.29, 0.717) is 17.4 Å². The molecule has 1 aromatic rings. The molecule has 21 heavy (non-hydrogen) atoms. The first-order chi connectivity index (χ1) is 10.1. The Morgan fingerprint density at radius 1 is 1.43 bits per heavy atom. The lowest BCUT2D eigenvalue weighted by Crippen LogP contribution is -2.38. The average Bonchev–Trinajstić information content (AvgIpc) is 2.49. The number of carbonyl (C=O) groups excluding carboxylic acids is 1. The van der Waals surface area contributed by atoms with Gasteiger partial charge in [-0.05, 0) is 47.7 Å². The molecule has 1 fully saturated rings. The largest absolute Gasteiger partial charge is 0.370 e. The fourth-order valence-electron chi connectivity index (χ4n) is 2.98. The minimum Gasteiger partial charge on any atom is -0.370 e. The van der Waals surface area contributed by atoms with Gasteiger partial charge in [-0.1, -0.05) is 26.2 Å². The topological polar surface area (TPSA) is 54.0 Å². The van der Waals surface area contributed by atoms with Crippen molar-refractivity contribution in [2.45, 2.75) is 52.0 Å². The van der Waals surface area contributed by atoms with E-state index in [0.717, 1.165) is 29.8 Å². The Kier molecular flexibility index (Phi) is 6.03. The van der Waals surface area contributed by atoms with E-state index in [-0.39, 0.29) is 5.91 Å². The third kappa shape index (κ3) is 4.43. The van der Waals surface area contributed by atoms with Gasteiger partial charge in [-0.3, -0.25) is 4.79 Å². The van der Waals surface area contributed by atoms with E-state index in [1.54, 1.807) is 6.20 Å². The molecule has 2 unspecified atom stereocenters. The van der Waals surface area contributed by atoms with Crippen molar-refractivity contribution in [3.05, 3.63) is 22.3 Å². The standard InChI is InChI=1S/C16H24BrN3O/c1-3-11-6-5-7-13(8-11)20-16(21)14-9-12(17)10-19-15(14)18-4-2/h9-11,13H,3-8H2,1-2H3,(H,18,19)(H,20,21). The summed E-state index contributed by atoms with van der Waals surface area (Å²) in [4.78, 5) is 16.8. The molecule has 0 spiro atoms. The molecule has 1 aromatic heterocycles. The molecule has 1 heterocycles. The molecule has 1 amide bonds. The normalized spacial score (nSPS) is 21.9. The summed E-state index contributed by atoms with van der Waals surface area (Å²) in [6, 6.07) is 2.13. The van der Waals surface area contributed by atoms with Gasteiger partial charge >= 0.3 is 0 Å². The summed E-state index contributed by atoms with van der Waals surface area (Å²) in [6.07, 6.45) is 7.60. The number of hydrogen-bond donors (Lipinski definition) is 2. The van der Waals surface area contributed by atoms with Gasteiger partial charge in [-0.25, -0.2) is 4.98 Å². The van der Waals surface area contributed by atoms with E-state index in [4.69, 9.17) is 0 Å². The molecule has 4 nitrogen and oxygen atoms in total. The zero-order chi connectivity index (χ0) is 15.2. The highest BCUT2D eigenvalue weighted by Crippen LogP contribution is 2.27. The van der Waals surface area contributed by atoms with Gasteiger partial charge in [0, 0.05) is 23.3 Å². The molecule has 0 aliphatic heterocycles. The molecular formula is C16H24BrN3O. The quantitative estimate of drug-likeness (QED) is 0.841. The van der Waals surface area contributed by atoms with Crippen molar-refractivity contribution in [3.63, 3.8) is 0 Å². The van der Waals surface area contributed by atoms with Crippen molar-refractivity contribution < 1.29 is 4.79 Å². The third-order valence-electron chi connectivity index (χ3n) is 4.14. The first kappa shape index (κ1) is 16.3. The number of nitrogens with zero attached hydrogens (tertiary/aromatic N) is 1. The molecule has 5 heteroatoms. The number of amides is 1. The van der Waals surface area contributed by atoms with E-state index in [9.17, 15) is 4.79 Å². The lowest BCUT2D eigenvalue weighted by Gasteiger charge is -2.29. The highest BCUT2D eigenvalue weighted by molar-refractivity contribution is 9.10. The summed E-state index contributed by atoms with van der Waals surface area (Å²) in [5, 5.41) is 6.33.